The second-order valence-corrected chi connectivity index (χ2v) is 5.71. The molecule has 1 atom stereocenters. The lowest BCUT2D eigenvalue weighted by atomic mass is 10.2. The lowest BCUT2D eigenvalue weighted by Gasteiger charge is -2.06. The molecular weight excluding hydrogens is 326 g/mol. The Kier molecular flexibility index (Phi) is 4.02. The molecular formula is C15H17N7O3. The Morgan fingerprint density at radius 3 is 3.20 bits per heavy atom. The largest absolute Gasteiger partial charge is 0.368 e. The summed E-state index contributed by atoms with van der Waals surface area (Å²) in [7, 11) is 0. The van der Waals surface area contributed by atoms with Crippen molar-refractivity contribution in [3.05, 3.63) is 35.9 Å². The van der Waals surface area contributed by atoms with Crippen LogP contribution in [0.5, 0.6) is 0 Å². The summed E-state index contributed by atoms with van der Waals surface area (Å²) >= 11 is 0. The van der Waals surface area contributed by atoms with Gasteiger partial charge in [-0.3, -0.25) is 0 Å². The van der Waals surface area contributed by atoms with Gasteiger partial charge in [0.2, 0.25) is 0 Å². The molecule has 0 aliphatic carbocycles. The molecule has 2 N–H and O–H groups in total. The van der Waals surface area contributed by atoms with Gasteiger partial charge in [-0.05, 0) is 31.9 Å². The summed E-state index contributed by atoms with van der Waals surface area (Å²) in [5, 5.41) is 13.5. The number of aryl methyl sites for hydroxylation is 1. The molecule has 130 valence electrons. The Labute approximate surface area is 142 Å². The van der Waals surface area contributed by atoms with Gasteiger partial charge in [-0.15, -0.1) is 0 Å². The summed E-state index contributed by atoms with van der Waals surface area (Å²) in [6, 6.07) is 3.15. The molecule has 0 spiro atoms. The van der Waals surface area contributed by atoms with Gasteiger partial charge in [-0.1, -0.05) is 5.16 Å². The van der Waals surface area contributed by atoms with Gasteiger partial charge in [0.15, 0.2) is 11.5 Å². The van der Waals surface area contributed by atoms with Gasteiger partial charge >= 0.3 is 6.03 Å². The molecule has 4 heterocycles. The number of nitrogens with zero attached hydrogens (tertiary/aromatic N) is 5. The number of hydrogen-bond donors (Lipinski definition) is 2. The molecule has 3 aromatic heterocycles. The molecule has 10 nitrogen and oxygen atoms in total. The minimum Gasteiger partial charge on any atom is -0.368 e. The summed E-state index contributed by atoms with van der Waals surface area (Å²) < 4.78 is 12.3. The fraction of sp³-hybridized carbons (Fsp3) is 0.400. The third-order valence-corrected chi connectivity index (χ3v) is 3.81. The summed E-state index contributed by atoms with van der Waals surface area (Å²) in [6.07, 6.45) is 3.49. The van der Waals surface area contributed by atoms with Gasteiger partial charge in [0.25, 0.3) is 5.89 Å². The van der Waals surface area contributed by atoms with Crippen LogP contribution < -0.4 is 10.6 Å². The summed E-state index contributed by atoms with van der Waals surface area (Å²) in [4.78, 5) is 20.6. The Hall–Kier alpha value is -3.01. The van der Waals surface area contributed by atoms with Crippen molar-refractivity contribution < 1.29 is 14.1 Å². The molecule has 25 heavy (non-hydrogen) atoms. The number of carbonyl (C=O) groups is 1. The molecule has 1 aliphatic rings. The van der Waals surface area contributed by atoms with E-state index < -0.39 is 6.03 Å². The fourth-order valence-electron chi connectivity index (χ4n) is 2.68. The maximum absolute atomic E-state index is 12.1. The van der Waals surface area contributed by atoms with E-state index in [0.717, 1.165) is 12.8 Å². The Morgan fingerprint density at radius 2 is 2.36 bits per heavy atom. The second kappa shape index (κ2) is 6.48. The normalized spacial score (nSPS) is 17.1. The number of nitrogens with one attached hydrogen (secondary N) is 2. The Balaban J connectivity index is 1.37. The molecule has 0 saturated carbocycles. The molecule has 0 radical (unpaired) electrons. The van der Waals surface area contributed by atoms with Gasteiger partial charge in [0, 0.05) is 12.8 Å². The van der Waals surface area contributed by atoms with E-state index in [1.54, 1.807) is 29.8 Å². The smallest absolute Gasteiger partial charge is 0.319 e. The zero-order chi connectivity index (χ0) is 17.2. The first-order valence-corrected chi connectivity index (χ1v) is 8.00. The van der Waals surface area contributed by atoms with E-state index in [1.807, 2.05) is 0 Å². The predicted octanol–water partition coefficient (Wildman–Crippen LogP) is 1.59. The van der Waals surface area contributed by atoms with E-state index in [0.29, 0.717) is 35.5 Å². The first-order chi connectivity index (χ1) is 12.2. The first-order valence-electron chi connectivity index (χ1n) is 8.00. The standard InChI is InChI=1S/C15H17N7O3/c1-9-17-13-10(4-2-6-22(13)20-9)18-15(23)16-8-12-19-14(25-21-12)11-5-3-7-24-11/h2,4,6,11H,3,5,7-8H2,1H3,(H2,16,18,23)/t11-/m1/s1. The maximum atomic E-state index is 12.1. The zero-order valence-electron chi connectivity index (χ0n) is 13.6. The number of urea groups is 1. The van der Waals surface area contributed by atoms with Crippen molar-refractivity contribution in [1.29, 1.82) is 0 Å². The molecule has 1 fully saturated rings. The molecule has 2 amide bonds. The second-order valence-electron chi connectivity index (χ2n) is 5.71. The number of anilines is 1. The number of fused-ring (bicyclic) bond motifs is 1. The number of hydrogen-bond acceptors (Lipinski definition) is 7. The predicted molar refractivity (Wildman–Crippen MR) is 85.8 cm³/mol. The molecule has 0 aromatic carbocycles. The highest BCUT2D eigenvalue weighted by molar-refractivity contribution is 5.92. The monoisotopic (exact) mass is 343 g/mol. The van der Waals surface area contributed by atoms with Crippen LogP contribution in [0, 0.1) is 6.92 Å². The van der Waals surface area contributed by atoms with Crippen LogP contribution in [0.25, 0.3) is 5.65 Å². The van der Waals surface area contributed by atoms with Crippen LogP contribution in [0.4, 0.5) is 10.5 Å². The number of ether oxygens (including phenoxy) is 1. The van der Waals surface area contributed by atoms with Crippen LogP contribution in [0.15, 0.2) is 22.9 Å². The van der Waals surface area contributed by atoms with Gasteiger partial charge < -0.3 is 19.9 Å². The maximum Gasteiger partial charge on any atom is 0.319 e. The highest BCUT2D eigenvalue weighted by atomic mass is 16.5. The molecule has 10 heteroatoms. The van der Waals surface area contributed by atoms with E-state index in [-0.39, 0.29) is 12.6 Å². The third-order valence-electron chi connectivity index (χ3n) is 3.81. The molecule has 0 unspecified atom stereocenters. The van der Waals surface area contributed by atoms with Crippen molar-refractivity contribution >= 4 is 17.4 Å². The molecule has 1 saturated heterocycles. The number of amides is 2. The molecule has 0 bridgehead atoms. The quantitative estimate of drug-likeness (QED) is 0.738. The third kappa shape index (κ3) is 3.29. The summed E-state index contributed by atoms with van der Waals surface area (Å²) in [5.74, 6) is 1.48. The number of aromatic nitrogens is 5. The van der Waals surface area contributed by atoms with Crippen LogP contribution in [-0.4, -0.2) is 37.4 Å². The van der Waals surface area contributed by atoms with Crippen molar-refractivity contribution in [2.45, 2.75) is 32.4 Å². The van der Waals surface area contributed by atoms with Crippen molar-refractivity contribution in [2.75, 3.05) is 11.9 Å². The van der Waals surface area contributed by atoms with Crippen LogP contribution in [0.3, 0.4) is 0 Å². The van der Waals surface area contributed by atoms with Crippen molar-refractivity contribution in [3.63, 3.8) is 0 Å². The Morgan fingerprint density at radius 1 is 1.44 bits per heavy atom. The summed E-state index contributed by atoms with van der Waals surface area (Å²) in [5.41, 5.74) is 1.14. The minimum atomic E-state index is -0.391. The van der Waals surface area contributed by atoms with E-state index >= 15 is 0 Å². The molecule has 1 aliphatic heterocycles. The van der Waals surface area contributed by atoms with E-state index in [4.69, 9.17) is 9.26 Å². The van der Waals surface area contributed by atoms with E-state index in [2.05, 4.69) is 30.9 Å². The number of rotatable bonds is 4. The van der Waals surface area contributed by atoms with E-state index in [9.17, 15) is 4.79 Å². The fourth-order valence-corrected chi connectivity index (χ4v) is 2.68. The summed E-state index contributed by atoms with van der Waals surface area (Å²) in [6.45, 7) is 2.65. The lowest BCUT2D eigenvalue weighted by molar-refractivity contribution is 0.0835. The Bertz CT molecular complexity index is 898. The number of pyridine rings is 1. The van der Waals surface area contributed by atoms with Crippen LogP contribution in [0.2, 0.25) is 0 Å². The zero-order valence-corrected chi connectivity index (χ0v) is 13.6. The average molecular weight is 343 g/mol. The molecule has 3 aromatic rings. The van der Waals surface area contributed by atoms with Crippen LogP contribution >= 0.6 is 0 Å². The van der Waals surface area contributed by atoms with Crippen molar-refractivity contribution in [2.24, 2.45) is 0 Å². The van der Waals surface area contributed by atoms with Crippen molar-refractivity contribution in [1.82, 2.24) is 30.1 Å². The highest BCUT2D eigenvalue weighted by Crippen LogP contribution is 2.26. The van der Waals surface area contributed by atoms with Gasteiger partial charge in [-0.25, -0.2) is 14.3 Å². The lowest BCUT2D eigenvalue weighted by Crippen LogP contribution is -2.28. The molecule has 4 rings (SSSR count). The van der Waals surface area contributed by atoms with Crippen LogP contribution in [0.1, 0.15) is 36.5 Å². The SMILES string of the molecule is Cc1nc2c(NC(=O)NCc3noc([C@H]4CCCO4)n3)cccn2n1. The van der Waals surface area contributed by atoms with Gasteiger partial charge in [-0.2, -0.15) is 10.1 Å². The van der Waals surface area contributed by atoms with E-state index in [1.165, 1.54) is 0 Å². The van der Waals surface area contributed by atoms with Crippen LogP contribution in [-0.2, 0) is 11.3 Å². The minimum absolute atomic E-state index is 0.135. The number of carbonyl (C=O) groups excluding carboxylic acids is 1. The van der Waals surface area contributed by atoms with Crippen molar-refractivity contribution in [3.8, 4) is 0 Å². The van der Waals surface area contributed by atoms with Gasteiger partial charge in [0.1, 0.15) is 11.9 Å². The van der Waals surface area contributed by atoms with Gasteiger partial charge in [0.05, 0.1) is 12.2 Å². The average Bonchev–Trinajstić information content (AvgIpc) is 3.32. The first kappa shape index (κ1) is 15.5. The highest BCUT2D eigenvalue weighted by Gasteiger charge is 2.23. The topological polar surface area (TPSA) is 119 Å².